The Hall–Kier alpha value is -2.38. The van der Waals surface area contributed by atoms with Crippen molar-refractivity contribution < 1.29 is 19.5 Å². The molecule has 1 aliphatic carbocycles. The molecule has 0 radical (unpaired) electrons. The molecule has 8 heteroatoms. The summed E-state index contributed by atoms with van der Waals surface area (Å²) in [5, 5.41) is 15.3. The Morgan fingerprint density at radius 1 is 1.09 bits per heavy atom. The van der Waals surface area contributed by atoms with E-state index in [-0.39, 0.29) is 36.2 Å². The number of allylic oxidation sites excluding steroid dienone is 1. The molecule has 1 fully saturated rings. The Morgan fingerprint density at radius 2 is 1.82 bits per heavy atom. The third kappa shape index (κ3) is 5.58. The molecule has 5 atom stereocenters. The number of carbonyl (C=O) groups excluding carboxylic acids is 3. The number of anilines is 1. The average Bonchev–Trinajstić information content (AvgIpc) is 3.09. The van der Waals surface area contributed by atoms with Gasteiger partial charge in [0.15, 0.2) is 0 Å². The smallest absolute Gasteiger partial charge is 0.247 e. The second kappa shape index (κ2) is 11.7. The third-order valence-electron chi connectivity index (χ3n) is 6.72. The Bertz CT molecular complexity index is 873. The lowest BCUT2D eigenvalue weighted by atomic mass is 9.68. The number of hydrogen-bond acceptors (Lipinski definition) is 4. The highest BCUT2D eigenvalue weighted by Crippen LogP contribution is 2.45. The molecule has 1 saturated heterocycles. The molecule has 7 nitrogen and oxygen atoms in total. The van der Waals surface area contributed by atoms with Gasteiger partial charge in [-0.25, -0.2) is 0 Å². The first-order chi connectivity index (χ1) is 15.9. The number of rotatable bonds is 10. The summed E-state index contributed by atoms with van der Waals surface area (Å²) in [6.45, 7) is 2.57. The van der Waals surface area contributed by atoms with Gasteiger partial charge >= 0.3 is 0 Å². The Balaban J connectivity index is 1.92. The van der Waals surface area contributed by atoms with Gasteiger partial charge in [-0.2, -0.15) is 0 Å². The van der Waals surface area contributed by atoms with E-state index < -0.39 is 17.9 Å². The number of hydrogen-bond donors (Lipinski definition) is 3. The van der Waals surface area contributed by atoms with Crippen LogP contribution in [0.1, 0.15) is 39.0 Å². The molecule has 180 valence electrons. The van der Waals surface area contributed by atoms with Gasteiger partial charge < -0.3 is 20.6 Å². The standard InChI is InChI=1S/C25H34ClN3O4/c1-3-7-16-8-13-19-21(20(16)23(31)27-2)25(33)29(14-5-4-6-15-30)22(19)24(32)28-18-11-9-17(26)10-12-18/h8-13,16,19-22,30H,3-7,14-15H2,1-2H3,(H,27,31)(H,28,32)/t16-,19+,20-,21-,22+/m1/s1. The van der Waals surface area contributed by atoms with Crippen LogP contribution in [0.2, 0.25) is 5.02 Å². The molecule has 1 aromatic carbocycles. The SMILES string of the molecule is CCC[C@@H]1C=C[C@H]2[C@@H](C(=O)N(CCCCCO)[C@@H]2C(=O)Nc2ccc(Cl)cc2)[C@@H]1C(=O)NC. The van der Waals surface area contributed by atoms with E-state index in [0.29, 0.717) is 30.1 Å². The van der Waals surface area contributed by atoms with Crippen molar-refractivity contribution in [2.45, 2.75) is 45.1 Å². The number of carbonyl (C=O) groups is 3. The van der Waals surface area contributed by atoms with Crippen LogP contribution in [-0.2, 0) is 14.4 Å². The molecule has 33 heavy (non-hydrogen) atoms. The monoisotopic (exact) mass is 475 g/mol. The molecular formula is C25H34ClN3O4. The van der Waals surface area contributed by atoms with E-state index in [1.807, 2.05) is 12.2 Å². The first kappa shape index (κ1) is 25.2. The molecule has 1 aromatic rings. The number of halogens is 1. The Morgan fingerprint density at radius 3 is 2.45 bits per heavy atom. The number of amides is 3. The summed E-state index contributed by atoms with van der Waals surface area (Å²) in [5.74, 6) is -2.03. The summed E-state index contributed by atoms with van der Waals surface area (Å²) in [4.78, 5) is 41.6. The van der Waals surface area contributed by atoms with Gasteiger partial charge in [-0.05, 0) is 55.9 Å². The van der Waals surface area contributed by atoms with E-state index in [2.05, 4.69) is 17.6 Å². The number of aliphatic hydroxyl groups excluding tert-OH is 1. The fourth-order valence-corrected chi connectivity index (χ4v) is 5.32. The summed E-state index contributed by atoms with van der Waals surface area (Å²) in [6, 6.07) is 6.15. The molecule has 3 N–H and O–H groups in total. The van der Waals surface area contributed by atoms with E-state index >= 15 is 0 Å². The van der Waals surface area contributed by atoms with Crippen molar-refractivity contribution in [3.8, 4) is 0 Å². The van der Waals surface area contributed by atoms with Gasteiger partial charge in [0.1, 0.15) is 6.04 Å². The fraction of sp³-hybridized carbons (Fsp3) is 0.560. The number of aliphatic hydroxyl groups is 1. The minimum atomic E-state index is -0.696. The minimum absolute atomic E-state index is 0.0329. The predicted octanol–water partition coefficient (Wildman–Crippen LogP) is 3.23. The summed E-state index contributed by atoms with van der Waals surface area (Å²) < 4.78 is 0. The molecule has 1 heterocycles. The molecule has 0 aromatic heterocycles. The molecule has 0 unspecified atom stereocenters. The van der Waals surface area contributed by atoms with Gasteiger partial charge in [0.25, 0.3) is 0 Å². The second-order valence-electron chi connectivity index (χ2n) is 8.84. The topological polar surface area (TPSA) is 98.7 Å². The van der Waals surface area contributed by atoms with Crippen molar-refractivity contribution in [3.63, 3.8) is 0 Å². The summed E-state index contributed by atoms with van der Waals surface area (Å²) in [5.41, 5.74) is 0.604. The van der Waals surface area contributed by atoms with E-state index in [1.54, 1.807) is 36.2 Å². The van der Waals surface area contributed by atoms with Gasteiger partial charge in [-0.1, -0.05) is 37.1 Å². The highest BCUT2D eigenvalue weighted by atomic mass is 35.5. The first-order valence-electron chi connectivity index (χ1n) is 11.8. The van der Waals surface area contributed by atoms with Gasteiger partial charge in [0.05, 0.1) is 11.8 Å². The predicted molar refractivity (Wildman–Crippen MR) is 129 cm³/mol. The number of likely N-dealkylation sites (tertiary alicyclic amines) is 1. The maximum atomic E-state index is 13.7. The molecule has 1 aliphatic heterocycles. The van der Waals surface area contributed by atoms with Crippen molar-refractivity contribution in [2.75, 3.05) is 25.5 Å². The number of nitrogens with zero attached hydrogens (tertiary/aromatic N) is 1. The molecule has 3 rings (SSSR count). The number of nitrogens with one attached hydrogen (secondary N) is 2. The summed E-state index contributed by atoms with van der Waals surface area (Å²) in [6.07, 6.45) is 7.80. The average molecular weight is 476 g/mol. The van der Waals surface area contributed by atoms with Crippen LogP contribution in [0.25, 0.3) is 0 Å². The van der Waals surface area contributed by atoms with Crippen LogP contribution in [0.5, 0.6) is 0 Å². The van der Waals surface area contributed by atoms with Crippen molar-refractivity contribution in [3.05, 3.63) is 41.4 Å². The van der Waals surface area contributed by atoms with Gasteiger partial charge in [0, 0.05) is 36.8 Å². The molecule has 2 aliphatic rings. The normalized spacial score (nSPS) is 26.2. The molecule has 0 bridgehead atoms. The zero-order valence-electron chi connectivity index (χ0n) is 19.3. The van der Waals surface area contributed by atoms with E-state index in [1.165, 1.54) is 0 Å². The van der Waals surface area contributed by atoms with Crippen LogP contribution in [0.15, 0.2) is 36.4 Å². The van der Waals surface area contributed by atoms with Gasteiger partial charge in [-0.15, -0.1) is 0 Å². The largest absolute Gasteiger partial charge is 0.396 e. The van der Waals surface area contributed by atoms with Crippen molar-refractivity contribution in [1.82, 2.24) is 10.2 Å². The van der Waals surface area contributed by atoms with Crippen LogP contribution in [0.3, 0.4) is 0 Å². The summed E-state index contributed by atoms with van der Waals surface area (Å²) >= 11 is 5.96. The summed E-state index contributed by atoms with van der Waals surface area (Å²) in [7, 11) is 1.59. The third-order valence-corrected chi connectivity index (χ3v) is 6.97. The Kier molecular flexibility index (Phi) is 8.92. The first-order valence-corrected chi connectivity index (χ1v) is 12.2. The maximum Gasteiger partial charge on any atom is 0.247 e. The highest BCUT2D eigenvalue weighted by Gasteiger charge is 2.56. The van der Waals surface area contributed by atoms with Crippen LogP contribution >= 0.6 is 11.6 Å². The van der Waals surface area contributed by atoms with Gasteiger partial charge in [-0.3, -0.25) is 14.4 Å². The highest BCUT2D eigenvalue weighted by molar-refractivity contribution is 6.30. The van der Waals surface area contributed by atoms with E-state index in [4.69, 9.17) is 16.7 Å². The van der Waals surface area contributed by atoms with Gasteiger partial charge in [0.2, 0.25) is 17.7 Å². The van der Waals surface area contributed by atoms with Crippen LogP contribution in [0.4, 0.5) is 5.69 Å². The van der Waals surface area contributed by atoms with Crippen molar-refractivity contribution in [1.29, 1.82) is 0 Å². The zero-order chi connectivity index (χ0) is 24.0. The maximum absolute atomic E-state index is 13.7. The van der Waals surface area contributed by atoms with Crippen LogP contribution < -0.4 is 10.6 Å². The van der Waals surface area contributed by atoms with Crippen molar-refractivity contribution >= 4 is 35.0 Å². The van der Waals surface area contributed by atoms with Crippen LogP contribution in [-0.4, -0.2) is 54.0 Å². The van der Waals surface area contributed by atoms with Crippen molar-refractivity contribution in [2.24, 2.45) is 23.7 Å². The fourth-order valence-electron chi connectivity index (χ4n) is 5.19. The quantitative estimate of drug-likeness (QED) is 0.357. The molecular weight excluding hydrogens is 442 g/mol. The second-order valence-corrected chi connectivity index (χ2v) is 9.27. The number of benzene rings is 1. The lowest BCUT2D eigenvalue weighted by Crippen LogP contribution is -2.45. The number of fused-ring (bicyclic) bond motifs is 1. The van der Waals surface area contributed by atoms with E-state index in [9.17, 15) is 14.4 Å². The Labute approximate surface area is 200 Å². The zero-order valence-corrected chi connectivity index (χ0v) is 20.1. The minimum Gasteiger partial charge on any atom is -0.396 e. The number of unbranched alkanes of at least 4 members (excludes halogenated alkanes) is 2. The van der Waals surface area contributed by atoms with Crippen LogP contribution in [0, 0.1) is 23.7 Å². The van der Waals surface area contributed by atoms with E-state index in [0.717, 1.165) is 19.3 Å². The molecule has 0 saturated carbocycles. The molecule has 3 amide bonds. The lowest BCUT2D eigenvalue weighted by molar-refractivity contribution is -0.140. The lowest BCUT2D eigenvalue weighted by Gasteiger charge is -2.34. The molecule has 0 spiro atoms.